The van der Waals surface area contributed by atoms with Crippen LogP contribution in [0.2, 0.25) is 5.02 Å². The smallest absolute Gasteiger partial charge is 0.125 e. The van der Waals surface area contributed by atoms with E-state index in [1.165, 1.54) is 12.1 Å². The first-order valence-electron chi connectivity index (χ1n) is 5.97. The molecule has 94 valence electrons. The number of benzene rings is 1. The van der Waals surface area contributed by atoms with Crippen LogP contribution < -0.4 is 0 Å². The molecule has 0 unspecified atom stereocenters. The van der Waals surface area contributed by atoms with Crippen LogP contribution in [0.5, 0.6) is 0 Å². The molecule has 1 heterocycles. The monoisotopic (exact) mass is 272 g/mol. The van der Waals surface area contributed by atoms with E-state index in [4.69, 9.17) is 16.9 Å². The predicted molar refractivity (Wildman–Crippen MR) is 71.2 cm³/mol. The molecule has 1 aliphatic carbocycles. The van der Waals surface area contributed by atoms with Crippen LogP contribution in [0.1, 0.15) is 18.4 Å². The molecule has 1 aromatic carbocycles. The molecule has 0 bridgehead atoms. The van der Waals surface area contributed by atoms with Crippen LogP contribution in [-0.2, 0) is 5.41 Å². The van der Waals surface area contributed by atoms with Gasteiger partial charge < -0.3 is 0 Å². The molecule has 1 aliphatic rings. The Bertz CT molecular complexity index is 649. The summed E-state index contributed by atoms with van der Waals surface area (Å²) in [5, 5.41) is 9.47. The van der Waals surface area contributed by atoms with Crippen molar-refractivity contribution in [3.05, 3.63) is 52.9 Å². The molecule has 0 N–H and O–H groups in total. The Morgan fingerprint density at radius 3 is 2.58 bits per heavy atom. The third-order valence-corrected chi connectivity index (χ3v) is 3.66. The van der Waals surface area contributed by atoms with Crippen LogP contribution in [0, 0.1) is 17.1 Å². The van der Waals surface area contributed by atoms with Gasteiger partial charge in [-0.3, -0.25) is 4.98 Å². The summed E-state index contributed by atoms with van der Waals surface area (Å²) in [6.07, 6.45) is 3.47. The van der Waals surface area contributed by atoms with E-state index in [2.05, 4.69) is 11.1 Å². The van der Waals surface area contributed by atoms with Gasteiger partial charge in [0.2, 0.25) is 0 Å². The molecule has 1 fully saturated rings. The average molecular weight is 273 g/mol. The van der Waals surface area contributed by atoms with E-state index in [1.807, 2.05) is 6.07 Å². The number of halogens is 2. The Morgan fingerprint density at radius 1 is 1.26 bits per heavy atom. The number of nitrogens with zero attached hydrogens (tertiary/aromatic N) is 2. The van der Waals surface area contributed by atoms with Gasteiger partial charge in [0.25, 0.3) is 0 Å². The molecule has 0 saturated heterocycles. The molecule has 1 saturated carbocycles. The number of hydrogen-bond acceptors (Lipinski definition) is 2. The summed E-state index contributed by atoms with van der Waals surface area (Å²) >= 11 is 5.83. The fourth-order valence-electron chi connectivity index (χ4n) is 2.14. The maximum atomic E-state index is 13.3. The van der Waals surface area contributed by atoms with Crippen molar-refractivity contribution in [3.8, 4) is 17.3 Å². The van der Waals surface area contributed by atoms with Gasteiger partial charge in [0.1, 0.15) is 5.82 Å². The maximum absolute atomic E-state index is 13.3. The number of hydrogen-bond donors (Lipinski definition) is 0. The normalized spacial score (nSPS) is 15.8. The van der Waals surface area contributed by atoms with Gasteiger partial charge in [-0.15, -0.1) is 0 Å². The Labute approximate surface area is 115 Å². The van der Waals surface area contributed by atoms with Gasteiger partial charge in [0.15, 0.2) is 0 Å². The van der Waals surface area contributed by atoms with Gasteiger partial charge in [-0.25, -0.2) is 4.39 Å². The second-order valence-electron chi connectivity index (χ2n) is 4.78. The van der Waals surface area contributed by atoms with Crippen LogP contribution in [-0.4, -0.2) is 4.98 Å². The number of rotatable bonds is 2. The Morgan fingerprint density at radius 2 is 2.05 bits per heavy atom. The van der Waals surface area contributed by atoms with E-state index in [0.717, 1.165) is 18.4 Å². The second kappa shape index (κ2) is 4.32. The lowest BCUT2D eigenvalue weighted by atomic mass is 9.99. The molecule has 2 nitrogen and oxygen atoms in total. The highest BCUT2D eigenvalue weighted by Gasteiger charge is 2.45. The first-order chi connectivity index (χ1) is 9.13. The second-order valence-corrected chi connectivity index (χ2v) is 5.22. The molecule has 0 amide bonds. The molecule has 0 atom stereocenters. The summed E-state index contributed by atoms with van der Waals surface area (Å²) < 4.78 is 13.3. The summed E-state index contributed by atoms with van der Waals surface area (Å²) in [5.41, 5.74) is 1.88. The minimum absolute atomic E-state index is 0.342. The van der Waals surface area contributed by atoms with Gasteiger partial charge in [0, 0.05) is 16.8 Å². The van der Waals surface area contributed by atoms with Crippen molar-refractivity contribution >= 4 is 11.6 Å². The van der Waals surface area contributed by atoms with Crippen LogP contribution in [0.25, 0.3) is 11.3 Å². The summed E-state index contributed by atoms with van der Waals surface area (Å²) in [5.74, 6) is -0.385. The van der Waals surface area contributed by atoms with E-state index in [-0.39, 0.29) is 11.2 Å². The van der Waals surface area contributed by atoms with Crippen molar-refractivity contribution in [2.24, 2.45) is 0 Å². The van der Waals surface area contributed by atoms with Crippen molar-refractivity contribution < 1.29 is 4.39 Å². The molecule has 0 aliphatic heterocycles. The molecule has 0 radical (unpaired) electrons. The first-order valence-corrected chi connectivity index (χ1v) is 6.35. The van der Waals surface area contributed by atoms with E-state index in [9.17, 15) is 4.39 Å². The third kappa shape index (κ3) is 2.20. The van der Waals surface area contributed by atoms with Gasteiger partial charge >= 0.3 is 0 Å². The average Bonchev–Trinajstić information content (AvgIpc) is 3.19. The summed E-state index contributed by atoms with van der Waals surface area (Å²) in [4.78, 5) is 4.31. The lowest BCUT2D eigenvalue weighted by Crippen LogP contribution is -2.02. The van der Waals surface area contributed by atoms with Gasteiger partial charge in [-0.2, -0.15) is 5.26 Å². The molecular formula is C15H10ClFN2. The maximum Gasteiger partial charge on any atom is 0.125 e. The number of pyridine rings is 1. The zero-order valence-electron chi connectivity index (χ0n) is 10.0. The highest BCUT2D eigenvalue weighted by molar-refractivity contribution is 6.30. The molecule has 1 aromatic heterocycles. The van der Waals surface area contributed by atoms with Gasteiger partial charge in [0.05, 0.1) is 17.2 Å². The van der Waals surface area contributed by atoms with Gasteiger partial charge in [-0.1, -0.05) is 17.7 Å². The van der Waals surface area contributed by atoms with Gasteiger partial charge in [-0.05, 0) is 42.7 Å². The fourth-order valence-corrected chi connectivity index (χ4v) is 2.36. The van der Waals surface area contributed by atoms with E-state index < -0.39 is 0 Å². The Hall–Kier alpha value is -1.92. The SMILES string of the molecule is N#CC1(c2ccc(-c3cc(F)cc(Cl)c3)nc2)CC1. The van der Waals surface area contributed by atoms with Crippen molar-refractivity contribution in [1.29, 1.82) is 5.26 Å². The summed E-state index contributed by atoms with van der Waals surface area (Å²) in [6.45, 7) is 0. The summed E-state index contributed by atoms with van der Waals surface area (Å²) in [7, 11) is 0. The van der Waals surface area contributed by atoms with Crippen molar-refractivity contribution in [2.75, 3.05) is 0 Å². The third-order valence-electron chi connectivity index (χ3n) is 3.44. The van der Waals surface area contributed by atoms with Crippen LogP contribution in [0.4, 0.5) is 4.39 Å². The fraction of sp³-hybridized carbons (Fsp3) is 0.200. The van der Waals surface area contributed by atoms with Crippen LogP contribution in [0.15, 0.2) is 36.5 Å². The number of nitriles is 1. The lowest BCUT2D eigenvalue weighted by molar-refractivity contribution is 0.628. The molecular weight excluding hydrogens is 263 g/mol. The molecule has 3 rings (SSSR count). The minimum Gasteiger partial charge on any atom is -0.256 e. The zero-order chi connectivity index (χ0) is 13.5. The van der Waals surface area contributed by atoms with Crippen LogP contribution in [0.3, 0.4) is 0 Å². The van der Waals surface area contributed by atoms with Crippen molar-refractivity contribution in [1.82, 2.24) is 4.98 Å². The summed E-state index contributed by atoms with van der Waals surface area (Å²) in [6, 6.07) is 10.3. The highest BCUT2D eigenvalue weighted by Crippen LogP contribution is 2.47. The largest absolute Gasteiger partial charge is 0.256 e. The molecule has 4 heteroatoms. The zero-order valence-corrected chi connectivity index (χ0v) is 10.8. The molecule has 19 heavy (non-hydrogen) atoms. The Balaban J connectivity index is 1.97. The quantitative estimate of drug-likeness (QED) is 0.825. The molecule has 2 aromatic rings. The molecule has 0 spiro atoms. The van der Waals surface area contributed by atoms with E-state index in [0.29, 0.717) is 16.3 Å². The Kier molecular flexibility index (Phi) is 2.76. The van der Waals surface area contributed by atoms with Crippen molar-refractivity contribution in [3.63, 3.8) is 0 Å². The highest BCUT2D eigenvalue weighted by atomic mass is 35.5. The minimum atomic E-state index is -0.385. The number of aromatic nitrogens is 1. The van der Waals surface area contributed by atoms with Crippen LogP contribution >= 0.6 is 11.6 Å². The van der Waals surface area contributed by atoms with E-state index >= 15 is 0 Å². The topological polar surface area (TPSA) is 36.7 Å². The first kappa shape index (κ1) is 12.1. The van der Waals surface area contributed by atoms with Crippen molar-refractivity contribution in [2.45, 2.75) is 18.3 Å². The standard InChI is InChI=1S/C15H10ClFN2/c16-12-5-10(6-13(17)7-12)14-2-1-11(8-19-14)15(9-18)3-4-15/h1-2,5-8H,3-4H2. The predicted octanol–water partition coefficient (Wildman–Crippen LogP) is 4.10. The van der Waals surface area contributed by atoms with E-state index in [1.54, 1.807) is 18.3 Å². The lowest BCUT2D eigenvalue weighted by Gasteiger charge is -2.07.